The summed E-state index contributed by atoms with van der Waals surface area (Å²) in [5.74, 6) is -0.309. The lowest BCUT2D eigenvalue weighted by Gasteiger charge is -2.18. The van der Waals surface area contributed by atoms with Crippen LogP contribution in [-0.2, 0) is 19.6 Å². The van der Waals surface area contributed by atoms with Crippen LogP contribution in [0.3, 0.4) is 0 Å². The molecule has 0 aromatic heterocycles. The SMILES string of the molecule is CCCCOC(=O)c1ccc(NC(=O)CN(C)S(=O)(=O)c2ccc(OC)c(OC)c2)cc1. The minimum Gasteiger partial charge on any atom is -0.493 e. The van der Waals surface area contributed by atoms with Crippen LogP contribution in [0.4, 0.5) is 5.69 Å². The molecule has 10 heteroatoms. The normalized spacial score (nSPS) is 11.2. The van der Waals surface area contributed by atoms with E-state index in [1.165, 1.54) is 51.6 Å². The van der Waals surface area contributed by atoms with Crippen LogP contribution in [0.5, 0.6) is 11.5 Å². The monoisotopic (exact) mass is 464 g/mol. The van der Waals surface area contributed by atoms with Gasteiger partial charge >= 0.3 is 5.97 Å². The van der Waals surface area contributed by atoms with Crippen LogP contribution < -0.4 is 14.8 Å². The number of carbonyl (C=O) groups is 2. The summed E-state index contributed by atoms with van der Waals surface area (Å²) in [6.07, 6.45) is 1.72. The fraction of sp³-hybridized carbons (Fsp3) is 0.364. The van der Waals surface area contributed by atoms with Crippen LogP contribution in [0.1, 0.15) is 30.1 Å². The molecule has 0 unspecified atom stereocenters. The smallest absolute Gasteiger partial charge is 0.338 e. The number of benzene rings is 2. The van der Waals surface area contributed by atoms with E-state index in [1.807, 2.05) is 6.92 Å². The third-order valence-electron chi connectivity index (χ3n) is 4.56. The van der Waals surface area contributed by atoms with Crippen molar-refractivity contribution in [2.24, 2.45) is 0 Å². The fourth-order valence-electron chi connectivity index (χ4n) is 2.73. The van der Waals surface area contributed by atoms with Gasteiger partial charge in [0, 0.05) is 18.8 Å². The summed E-state index contributed by atoms with van der Waals surface area (Å²) in [4.78, 5) is 24.3. The van der Waals surface area contributed by atoms with E-state index in [2.05, 4.69) is 5.32 Å². The third kappa shape index (κ3) is 6.44. The number of unbranched alkanes of at least 4 members (excludes halogenated alkanes) is 1. The molecule has 0 aliphatic carbocycles. The molecule has 32 heavy (non-hydrogen) atoms. The van der Waals surface area contributed by atoms with E-state index in [9.17, 15) is 18.0 Å². The molecule has 0 bridgehead atoms. The minimum atomic E-state index is -3.94. The van der Waals surface area contributed by atoms with Crippen molar-refractivity contribution in [2.75, 3.05) is 39.7 Å². The highest BCUT2D eigenvalue weighted by atomic mass is 32.2. The zero-order valence-corrected chi connectivity index (χ0v) is 19.4. The summed E-state index contributed by atoms with van der Waals surface area (Å²) in [5, 5.41) is 2.61. The first-order valence-electron chi connectivity index (χ1n) is 9.98. The lowest BCUT2D eigenvalue weighted by molar-refractivity contribution is -0.116. The van der Waals surface area contributed by atoms with Crippen LogP contribution in [0.2, 0.25) is 0 Å². The molecule has 0 radical (unpaired) electrons. The molecule has 174 valence electrons. The van der Waals surface area contributed by atoms with Crippen molar-refractivity contribution in [2.45, 2.75) is 24.7 Å². The first-order chi connectivity index (χ1) is 15.2. The van der Waals surface area contributed by atoms with Crippen LogP contribution in [-0.4, -0.2) is 59.0 Å². The molecule has 1 N–H and O–H groups in total. The van der Waals surface area contributed by atoms with Gasteiger partial charge in [0.1, 0.15) is 0 Å². The summed E-state index contributed by atoms with van der Waals surface area (Å²) in [7, 11) is 0.222. The van der Waals surface area contributed by atoms with Gasteiger partial charge < -0.3 is 19.5 Å². The number of likely N-dealkylation sites (N-methyl/N-ethyl adjacent to an activating group) is 1. The van der Waals surface area contributed by atoms with Crippen molar-refractivity contribution in [3.05, 3.63) is 48.0 Å². The Bertz CT molecular complexity index is 1040. The van der Waals surface area contributed by atoms with E-state index in [-0.39, 0.29) is 10.6 Å². The van der Waals surface area contributed by atoms with E-state index in [0.717, 1.165) is 17.1 Å². The number of nitrogens with zero attached hydrogens (tertiary/aromatic N) is 1. The summed E-state index contributed by atoms with van der Waals surface area (Å²) in [5.41, 5.74) is 0.796. The third-order valence-corrected chi connectivity index (χ3v) is 6.36. The molecule has 0 aliphatic rings. The molecule has 2 aromatic carbocycles. The number of sulfonamides is 1. The van der Waals surface area contributed by atoms with Gasteiger partial charge in [0.05, 0.1) is 37.8 Å². The Labute approximate surface area is 188 Å². The second-order valence-electron chi connectivity index (χ2n) is 6.89. The maximum atomic E-state index is 12.8. The molecule has 0 atom stereocenters. The highest BCUT2D eigenvalue weighted by molar-refractivity contribution is 7.89. The van der Waals surface area contributed by atoms with Crippen molar-refractivity contribution < 1.29 is 32.2 Å². The van der Waals surface area contributed by atoms with E-state index in [4.69, 9.17) is 14.2 Å². The van der Waals surface area contributed by atoms with E-state index in [0.29, 0.717) is 23.6 Å². The minimum absolute atomic E-state index is 0.0311. The van der Waals surface area contributed by atoms with Gasteiger partial charge in [0.15, 0.2) is 11.5 Å². The number of carbonyl (C=O) groups excluding carboxylic acids is 2. The van der Waals surface area contributed by atoms with Crippen molar-refractivity contribution in [3.8, 4) is 11.5 Å². The van der Waals surface area contributed by atoms with Crippen LogP contribution in [0.25, 0.3) is 0 Å². The van der Waals surface area contributed by atoms with E-state index < -0.39 is 28.4 Å². The molecule has 0 aliphatic heterocycles. The Morgan fingerprint density at radius 2 is 1.66 bits per heavy atom. The molecule has 0 heterocycles. The van der Waals surface area contributed by atoms with Crippen molar-refractivity contribution >= 4 is 27.6 Å². The molecule has 0 saturated heterocycles. The molecule has 0 spiro atoms. The Kier molecular flexibility index (Phi) is 9.03. The number of amides is 1. The number of hydrogen-bond acceptors (Lipinski definition) is 7. The quantitative estimate of drug-likeness (QED) is 0.402. The summed E-state index contributed by atoms with van der Waals surface area (Å²) in [6.45, 7) is 1.95. The second-order valence-corrected chi connectivity index (χ2v) is 8.94. The number of nitrogens with one attached hydrogen (secondary N) is 1. The molecule has 1 amide bonds. The van der Waals surface area contributed by atoms with Crippen LogP contribution >= 0.6 is 0 Å². The number of hydrogen-bond donors (Lipinski definition) is 1. The van der Waals surface area contributed by atoms with Crippen molar-refractivity contribution in [3.63, 3.8) is 0 Å². The average Bonchev–Trinajstić information content (AvgIpc) is 2.78. The molecule has 9 nitrogen and oxygen atoms in total. The number of rotatable bonds is 11. The maximum Gasteiger partial charge on any atom is 0.338 e. The Hall–Kier alpha value is -3.11. The molecular weight excluding hydrogens is 436 g/mol. The van der Waals surface area contributed by atoms with E-state index >= 15 is 0 Å². The highest BCUT2D eigenvalue weighted by Gasteiger charge is 2.24. The number of esters is 1. The molecule has 0 saturated carbocycles. The average molecular weight is 465 g/mol. The summed E-state index contributed by atoms with van der Waals surface area (Å²) in [6, 6.07) is 10.4. The Morgan fingerprint density at radius 3 is 2.25 bits per heavy atom. The van der Waals surface area contributed by atoms with Crippen LogP contribution in [0, 0.1) is 0 Å². The second kappa shape index (κ2) is 11.5. The van der Waals surface area contributed by atoms with Crippen molar-refractivity contribution in [1.29, 1.82) is 0 Å². The topological polar surface area (TPSA) is 111 Å². The predicted octanol–water partition coefficient (Wildman–Crippen LogP) is 2.92. The molecule has 2 aromatic rings. The van der Waals surface area contributed by atoms with Gasteiger partial charge in [0.2, 0.25) is 15.9 Å². The van der Waals surface area contributed by atoms with E-state index in [1.54, 1.807) is 12.1 Å². The maximum absolute atomic E-state index is 12.8. The summed E-state index contributed by atoms with van der Waals surface area (Å²) >= 11 is 0. The van der Waals surface area contributed by atoms with Gasteiger partial charge in [-0.2, -0.15) is 4.31 Å². The first-order valence-corrected chi connectivity index (χ1v) is 11.4. The first kappa shape index (κ1) is 25.2. The highest BCUT2D eigenvalue weighted by Crippen LogP contribution is 2.30. The molecule has 0 fully saturated rings. The lowest BCUT2D eigenvalue weighted by atomic mass is 10.2. The van der Waals surface area contributed by atoms with Gasteiger partial charge in [-0.1, -0.05) is 13.3 Å². The number of methoxy groups -OCH3 is 2. The molecular formula is C22H28N2O7S. The fourth-order valence-corrected chi connectivity index (χ4v) is 3.87. The van der Waals surface area contributed by atoms with Gasteiger partial charge in [-0.3, -0.25) is 4.79 Å². The number of ether oxygens (including phenoxy) is 3. The van der Waals surface area contributed by atoms with Gasteiger partial charge in [-0.25, -0.2) is 13.2 Å². The Balaban J connectivity index is 2.01. The largest absolute Gasteiger partial charge is 0.493 e. The van der Waals surface area contributed by atoms with Gasteiger partial charge in [-0.15, -0.1) is 0 Å². The van der Waals surface area contributed by atoms with Gasteiger partial charge in [0.25, 0.3) is 0 Å². The zero-order valence-electron chi connectivity index (χ0n) is 18.6. The molecule has 2 rings (SSSR count). The number of anilines is 1. The summed E-state index contributed by atoms with van der Waals surface area (Å²) < 4.78 is 42.0. The Morgan fingerprint density at radius 1 is 1.00 bits per heavy atom. The predicted molar refractivity (Wildman–Crippen MR) is 120 cm³/mol. The standard InChI is InChI=1S/C22H28N2O7S/c1-5-6-13-31-22(26)16-7-9-17(10-8-16)23-21(25)15-24(2)32(27,28)18-11-12-19(29-3)20(14-18)30-4/h7-12,14H,5-6,13,15H2,1-4H3,(H,23,25). The van der Waals surface area contributed by atoms with Gasteiger partial charge in [-0.05, 0) is 42.8 Å². The van der Waals surface area contributed by atoms with Crippen LogP contribution in [0.15, 0.2) is 47.4 Å². The zero-order chi connectivity index (χ0) is 23.7. The van der Waals surface area contributed by atoms with Crippen molar-refractivity contribution in [1.82, 2.24) is 4.31 Å². The lowest BCUT2D eigenvalue weighted by Crippen LogP contribution is -2.35.